The molecule has 2 unspecified atom stereocenters. The Morgan fingerprint density at radius 2 is 1.85 bits per heavy atom. The molecule has 114 valence electrons. The highest BCUT2D eigenvalue weighted by molar-refractivity contribution is 5.81. The van der Waals surface area contributed by atoms with Crippen molar-refractivity contribution >= 4 is 5.96 Å². The van der Waals surface area contributed by atoms with Crippen LogP contribution in [0.5, 0.6) is 0 Å². The van der Waals surface area contributed by atoms with Crippen LogP contribution in [0.2, 0.25) is 0 Å². The van der Waals surface area contributed by atoms with E-state index in [4.69, 9.17) is 0 Å². The molecule has 2 saturated heterocycles. The Bertz CT molecular complexity index is 371. The molecule has 3 rings (SSSR count). The van der Waals surface area contributed by atoms with Crippen molar-refractivity contribution in [3.8, 4) is 0 Å². The zero-order valence-electron chi connectivity index (χ0n) is 13.4. The topological polar surface area (TPSA) is 30.9 Å². The fourth-order valence-electron chi connectivity index (χ4n) is 3.68. The summed E-state index contributed by atoms with van der Waals surface area (Å²) >= 11 is 0. The summed E-state index contributed by atoms with van der Waals surface area (Å²) in [5.41, 5.74) is 0.460. The number of piperidine rings is 1. The molecule has 1 saturated carbocycles. The van der Waals surface area contributed by atoms with Gasteiger partial charge in [-0.05, 0) is 44.2 Å². The predicted molar refractivity (Wildman–Crippen MR) is 84.1 cm³/mol. The first-order valence-corrected chi connectivity index (χ1v) is 8.32. The van der Waals surface area contributed by atoms with E-state index in [1.54, 1.807) is 0 Å². The fraction of sp³-hybridized carbons (Fsp3) is 0.938. The standard InChI is InChI=1S/C16H30N4/c1-16(2)11-14(16)18-15(17-3)20-10-7-13(12-20)19-8-5-4-6-9-19/h13-14H,4-12H2,1-3H3,(H,17,18). The van der Waals surface area contributed by atoms with Crippen LogP contribution in [0.4, 0.5) is 0 Å². The van der Waals surface area contributed by atoms with Crippen LogP contribution in [0.3, 0.4) is 0 Å². The number of nitrogens with one attached hydrogen (secondary N) is 1. The predicted octanol–water partition coefficient (Wildman–Crippen LogP) is 1.92. The molecule has 4 heteroatoms. The normalized spacial score (nSPS) is 34.4. The third kappa shape index (κ3) is 2.95. The van der Waals surface area contributed by atoms with Gasteiger partial charge in [-0.1, -0.05) is 20.3 Å². The Kier molecular flexibility index (Phi) is 3.93. The average Bonchev–Trinajstić information content (AvgIpc) is 2.88. The quantitative estimate of drug-likeness (QED) is 0.618. The molecule has 0 aromatic carbocycles. The SMILES string of the molecule is CN=C(NC1CC1(C)C)N1CCC(N2CCCCC2)C1. The van der Waals surface area contributed by atoms with E-state index in [2.05, 4.69) is 34.0 Å². The van der Waals surface area contributed by atoms with Gasteiger partial charge in [0, 0.05) is 32.2 Å². The molecule has 0 radical (unpaired) electrons. The molecule has 2 aliphatic heterocycles. The molecular weight excluding hydrogens is 248 g/mol. The van der Waals surface area contributed by atoms with E-state index < -0.39 is 0 Å². The first-order valence-electron chi connectivity index (χ1n) is 8.32. The molecule has 2 heterocycles. The number of likely N-dealkylation sites (tertiary alicyclic amines) is 2. The summed E-state index contributed by atoms with van der Waals surface area (Å²) in [6.07, 6.45) is 6.77. The highest BCUT2D eigenvalue weighted by atomic mass is 15.4. The van der Waals surface area contributed by atoms with Gasteiger partial charge in [-0.2, -0.15) is 0 Å². The molecule has 3 aliphatic rings. The van der Waals surface area contributed by atoms with E-state index in [-0.39, 0.29) is 0 Å². The van der Waals surface area contributed by atoms with Crippen molar-refractivity contribution in [2.24, 2.45) is 10.4 Å². The Labute approximate surface area is 123 Å². The van der Waals surface area contributed by atoms with E-state index in [9.17, 15) is 0 Å². The van der Waals surface area contributed by atoms with Gasteiger partial charge >= 0.3 is 0 Å². The van der Waals surface area contributed by atoms with Crippen LogP contribution in [0.25, 0.3) is 0 Å². The average molecular weight is 278 g/mol. The van der Waals surface area contributed by atoms with Crippen LogP contribution in [-0.4, -0.2) is 61.1 Å². The van der Waals surface area contributed by atoms with Gasteiger partial charge in [0.1, 0.15) is 0 Å². The molecule has 3 fully saturated rings. The Hall–Kier alpha value is -0.770. The lowest BCUT2D eigenvalue weighted by molar-refractivity contribution is 0.168. The first kappa shape index (κ1) is 14.2. The van der Waals surface area contributed by atoms with Crippen molar-refractivity contribution in [3.05, 3.63) is 0 Å². The highest BCUT2D eigenvalue weighted by Crippen LogP contribution is 2.44. The molecule has 20 heavy (non-hydrogen) atoms. The van der Waals surface area contributed by atoms with Gasteiger partial charge < -0.3 is 10.2 Å². The van der Waals surface area contributed by atoms with E-state index >= 15 is 0 Å². The first-order chi connectivity index (χ1) is 9.60. The summed E-state index contributed by atoms with van der Waals surface area (Å²) in [6, 6.07) is 1.37. The second-order valence-electron chi connectivity index (χ2n) is 7.42. The lowest BCUT2D eigenvalue weighted by Gasteiger charge is -2.32. The monoisotopic (exact) mass is 278 g/mol. The number of hydrogen-bond donors (Lipinski definition) is 1. The van der Waals surface area contributed by atoms with Gasteiger partial charge in [0.05, 0.1) is 0 Å². The third-order valence-corrected chi connectivity index (χ3v) is 5.40. The second-order valence-corrected chi connectivity index (χ2v) is 7.42. The summed E-state index contributed by atoms with van der Waals surface area (Å²) in [6.45, 7) is 9.60. The fourth-order valence-corrected chi connectivity index (χ4v) is 3.68. The molecule has 0 bridgehead atoms. The Balaban J connectivity index is 1.52. The second kappa shape index (κ2) is 5.55. The van der Waals surface area contributed by atoms with Gasteiger partial charge in [-0.15, -0.1) is 0 Å². The van der Waals surface area contributed by atoms with Crippen molar-refractivity contribution in [1.82, 2.24) is 15.1 Å². The van der Waals surface area contributed by atoms with Crippen LogP contribution in [0, 0.1) is 5.41 Å². The van der Waals surface area contributed by atoms with Crippen LogP contribution < -0.4 is 5.32 Å². The molecule has 0 spiro atoms. The maximum atomic E-state index is 4.51. The van der Waals surface area contributed by atoms with Crippen LogP contribution in [-0.2, 0) is 0 Å². The lowest BCUT2D eigenvalue weighted by atomic mass is 10.1. The minimum atomic E-state index is 0.460. The molecule has 4 nitrogen and oxygen atoms in total. The number of rotatable bonds is 2. The number of hydrogen-bond acceptors (Lipinski definition) is 2. The summed E-state index contributed by atoms with van der Waals surface area (Å²) < 4.78 is 0. The smallest absolute Gasteiger partial charge is 0.193 e. The Morgan fingerprint density at radius 3 is 2.45 bits per heavy atom. The summed E-state index contributed by atoms with van der Waals surface area (Å²) in [5.74, 6) is 1.13. The number of nitrogens with zero attached hydrogens (tertiary/aromatic N) is 3. The maximum Gasteiger partial charge on any atom is 0.193 e. The van der Waals surface area contributed by atoms with Crippen LogP contribution in [0.15, 0.2) is 4.99 Å². The maximum absolute atomic E-state index is 4.51. The summed E-state index contributed by atoms with van der Waals surface area (Å²) in [4.78, 5) is 9.68. The minimum Gasteiger partial charge on any atom is -0.353 e. The summed E-state index contributed by atoms with van der Waals surface area (Å²) in [7, 11) is 1.92. The molecule has 0 amide bonds. The highest BCUT2D eigenvalue weighted by Gasteiger charge is 2.46. The molecule has 1 aliphatic carbocycles. The van der Waals surface area contributed by atoms with Crippen LogP contribution >= 0.6 is 0 Å². The number of guanidine groups is 1. The van der Waals surface area contributed by atoms with Crippen LogP contribution in [0.1, 0.15) is 46.0 Å². The lowest BCUT2D eigenvalue weighted by Crippen LogP contribution is -2.45. The zero-order valence-corrected chi connectivity index (χ0v) is 13.4. The Morgan fingerprint density at radius 1 is 1.15 bits per heavy atom. The molecular formula is C16H30N4. The van der Waals surface area contributed by atoms with Gasteiger partial charge in [0.25, 0.3) is 0 Å². The van der Waals surface area contributed by atoms with E-state index in [0.29, 0.717) is 11.5 Å². The third-order valence-electron chi connectivity index (χ3n) is 5.40. The molecule has 1 N–H and O–H groups in total. The van der Waals surface area contributed by atoms with Crippen molar-refractivity contribution in [2.45, 2.75) is 58.0 Å². The van der Waals surface area contributed by atoms with Gasteiger partial charge in [-0.25, -0.2) is 0 Å². The minimum absolute atomic E-state index is 0.460. The van der Waals surface area contributed by atoms with Crippen molar-refractivity contribution in [3.63, 3.8) is 0 Å². The van der Waals surface area contributed by atoms with E-state index in [1.165, 1.54) is 45.2 Å². The van der Waals surface area contributed by atoms with Gasteiger partial charge in [0.2, 0.25) is 0 Å². The van der Waals surface area contributed by atoms with Gasteiger partial charge in [0.15, 0.2) is 5.96 Å². The zero-order chi connectivity index (χ0) is 14.2. The van der Waals surface area contributed by atoms with E-state index in [1.807, 2.05) is 7.05 Å². The molecule has 0 aromatic heterocycles. The van der Waals surface area contributed by atoms with Crippen molar-refractivity contribution < 1.29 is 0 Å². The van der Waals surface area contributed by atoms with Crippen molar-refractivity contribution in [2.75, 3.05) is 33.2 Å². The van der Waals surface area contributed by atoms with E-state index in [0.717, 1.165) is 25.1 Å². The number of aliphatic imine (C=N–C) groups is 1. The molecule has 0 aromatic rings. The summed E-state index contributed by atoms with van der Waals surface area (Å²) in [5, 5.41) is 3.65. The van der Waals surface area contributed by atoms with Gasteiger partial charge in [-0.3, -0.25) is 9.89 Å². The largest absolute Gasteiger partial charge is 0.353 e. The molecule has 2 atom stereocenters. The van der Waals surface area contributed by atoms with Crippen molar-refractivity contribution in [1.29, 1.82) is 0 Å².